The van der Waals surface area contributed by atoms with Crippen LogP contribution in [0.15, 0.2) is 71.6 Å². The minimum absolute atomic E-state index is 0.00494. The SMILES string of the molecule is NS(=O)(=O)c1cccc(-c2n[nH]c3ccc(C(=O)N[C@H]4CCc5ccccc54)cc23)c1. The van der Waals surface area contributed by atoms with Crippen molar-refractivity contribution >= 4 is 26.8 Å². The lowest BCUT2D eigenvalue weighted by molar-refractivity contribution is 0.0937. The number of nitrogens with one attached hydrogen (secondary N) is 2. The largest absolute Gasteiger partial charge is 0.345 e. The molecule has 8 heteroatoms. The van der Waals surface area contributed by atoms with Crippen LogP contribution in [0.2, 0.25) is 0 Å². The second kappa shape index (κ2) is 7.33. The van der Waals surface area contributed by atoms with Gasteiger partial charge in [-0.1, -0.05) is 36.4 Å². The number of nitrogens with zero attached hydrogens (tertiary/aromatic N) is 1. The predicted octanol–water partition coefficient (Wildman–Crippen LogP) is 3.29. The summed E-state index contributed by atoms with van der Waals surface area (Å²) in [6, 6.07) is 19.8. The number of carbonyl (C=O) groups excluding carboxylic acids is 1. The van der Waals surface area contributed by atoms with Crippen molar-refractivity contribution in [2.24, 2.45) is 5.14 Å². The number of hydrogen-bond acceptors (Lipinski definition) is 4. The van der Waals surface area contributed by atoms with Crippen molar-refractivity contribution in [3.8, 4) is 11.3 Å². The number of sulfonamides is 1. The van der Waals surface area contributed by atoms with Crippen molar-refractivity contribution in [1.29, 1.82) is 0 Å². The van der Waals surface area contributed by atoms with E-state index in [1.165, 1.54) is 23.3 Å². The van der Waals surface area contributed by atoms with E-state index >= 15 is 0 Å². The third-order valence-electron chi connectivity index (χ3n) is 5.70. The van der Waals surface area contributed by atoms with Gasteiger partial charge in [0.2, 0.25) is 10.0 Å². The third kappa shape index (κ3) is 3.60. The van der Waals surface area contributed by atoms with Gasteiger partial charge in [0, 0.05) is 16.5 Å². The lowest BCUT2D eigenvalue weighted by Gasteiger charge is -2.14. The topological polar surface area (TPSA) is 118 Å². The van der Waals surface area contributed by atoms with Crippen LogP contribution >= 0.6 is 0 Å². The maximum absolute atomic E-state index is 13.0. The smallest absolute Gasteiger partial charge is 0.251 e. The Balaban J connectivity index is 1.48. The number of nitrogens with two attached hydrogens (primary N) is 1. The molecule has 4 aromatic rings. The van der Waals surface area contributed by atoms with Crippen molar-refractivity contribution in [1.82, 2.24) is 15.5 Å². The van der Waals surface area contributed by atoms with Gasteiger partial charge in [-0.05, 0) is 54.3 Å². The fourth-order valence-corrected chi connectivity index (χ4v) is 4.70. The lowest BCUT2D eigenvalue weighted by atomic mass is 10.0. The fraction of sp³-hybridized carbons (Fsp3) is 0.130. The van der Waals surface area contributed by atoms with Gasteiger partial charge >= 0.3 is 0 Å². The average Bonchev–Trinajstić information content (AvgIpc) is 3.37. The van der Waals surface area contributed by atoms with Gasteiger partial charge in [0.15, 0.2) is 0 Å². The molecule has 0 aliphatic heterocycles. The normalized spacial score (nSPS) is 15.7. The zero-order valence-electron chi connectivity index (χ0n) is 16.5. The van der Waals surface area contributed by atoms with E-state index in [2.05, 4.69) is 27.6 Å². The molecule has 1 heterocycles. The minimum Gasteiger partial charge on any atom is -0.345 e. The van der Waals surface area contributed by atoms with Gasteiger partial charge in [-0.15, -0.1) is 0 Å². The predicted molar refractivity (Wildman–Crippen MR) is 118 cm³/mol. The summed E-state index contributed by atoms with van der Waals surface area (Å²) in [5.74, 6) is -0.158. The zero-order valence-corrected chi connectivity index (χ0v) is 17.3. The zero-order chi connectivity index (χ0) is 21.6. The number of carbonyl (C=O) groups is 1. The first-order valence-electron chi connectivity index (χ1n) is 9.90. The molecule has 31 heavy (non-hydrogen) atoms. The number of amides is 1. The van der Waals surface area contributed by atoms with Crippen molar-refractivity contribution in [3.05, 3.63) is 83.4 Å². The van der Waals surface area contributed by atoms with Crippen molar-refractivity contribution in [2.45, 2.75) is 23.8 Å². The molecule has 0 saturated heterocycles. The third-order valence-corrected chi connectivity index (χ3v) is 6.61. The van der Waals surface area contributed by atoms with Gasteiger partial charge in [-0.25, -0.2) is 13.6 Å². The summed E-state index contributed by atoms with van der Waals surface area (Å²) < 4.78 is 23.4. The molecule has 4 N–H and O–H groups in total. The van der Waals surface area contributed by atoms with E-state index in [1.54, 1.807) is 30.3 Å². The van der Waals surface area contributed by atoms with Gasteiger partial charge in [0.25, 0.3) is 5.91 Å². The lowest BCUT2D eigenvalue weighted by Crippen LogP contribution is -2.27. The maximum Gasteiger partial charge on any atom is 0.251 e. The van der Waals surface area contributed by atoms with Crippen LogP contribution in [0.5, 0.6) is 0 Å². The van der Waals surface area contributed by atoms with E-state index in [0.29, 0.717) is 16.8 Å². The van der Waals surface area contributed by atoms with E-state index < -0.39 is 10.0 Å². The summed E-state index contributed by atoms with van der Waals surface area (Å²) in [5, 5.41) is 16.4. The van der Waals surface area contributed by atoms with Crippen molar-refractivity contribution < 1.29 is 13.2 Å². The van der Waals surface area contributed by atoms with E-state index in [9.17, 15) is 13.2 Å². The number of aryl methyl sites for hydroxylation is 1. The number of H-pyrrole nitrogens is 1. The van der Waals surface area contributed by atoms with E-state index in [1.807, 2.05) is 12.1 Å². The summed E-state index contributed by atoms with van der Waals surface area (Å²) in [4.78, 5) is 13.0. The van der Waals surface area contributed by atoms with Crippen LogP contribution in [0, 0.1) is 0 Å². The molecule has 0 bridgehead atoms. The molecule has 1 amide bonds. The van der Waals surface area contributed by atoms with Gasteiger partial charge in [0.1, 0.15) is 0 Å². The van der Waals surface area contributed by atoms with Crippen LogP contribution in [0.1, 0.15) is 33.9 Å². The number of primary sulfonamides is 1. The molecule has 0 saturated carbocycles. The fourth-order valence-electron chi connectivity index (χ4n) is 4.14. The first kappa shape index (κ1) is 19.5. The summed E-state index contributed by atoms with van der Waals surface area (Å²) in [5.41, 5.74) is 4.86. The molecule has 1 aromatic heterocycles. The second-order valence-corrected chi connectivity index (χ2v) is 9.23. The van der Waals surface area contributed by atoms with Crippen LogP contribution in [-0.4, -0.2) is 24.5 Å². The van der Waals surface area contributed by atoms with Crippen LogP contribution in [0.3, 0.4) is 0 Å². The van der Waals surface area contributed by atoms with E-state index in [4.69, 9.17) is 5.14 Å². The number of hydrogen-bond donors (Lipinski definition) is 3. The molecule has 0 radical (unpaired) electrons. The molecule has 1 aliphatic rings. The van der Waals surface area contributed by atoms with Gasteiger partial charge in [-0.2, -0.15) is 5.10 Å². The summed E-state index contributed by atoms with van der Waals surface area (Å²) in [6.45, 7) is 0. The molecular weight excluding hydrogens is 412 g/mol. The van der Waals surface area contributed by atoms with E-state index in [0.717, 1.165) is 23.7 Å². The first-order valence-corrected chi connectivity index (χ1v) is 11.4. The molecule has 1 atom stereocenters. The summed E-state index contributed by atoms with van der Waals surface area (Å²) >= 11 is 0. The molecule has 7 nitrogen and oxygen atoms in total. The maximum atomic E-state index is 13.0. The molecule has 0 unspecified atom stereocenters. The molecule has 1 aliphatic carbocycles. The van der Waals surface area contributed by atoms with Gasteiger partial charge < -0.3 is 5.32 Å². The number of fused-ring (bicyclic) bond motifs is 2. The van der Waals surface area contributed by atoms with Crippen molar-refractivity contribution in [2.75, 3.05) is 0 Å². The Labute approximate surface area is 179 Å². The molecule has 156 valence electrons. The monoisotopic (exact) mass is 432 g/mol. The van der Waals surface area contributed by atoms with Crippen LogP contribution < -0.4 is 10.5 Å². The Bertz CT molecular complexity index is 1430. The van der Waals surface area contributed by atoms with Crippen LogP contribution in [0.25, 0.3) is 22.2 Å². The van der Waals surface area contributed by atoms with Crippen LogP contribution in [-0.2, 0) is 16.4 Å². The highest BCUT2D eigenvalue weighted by molar-refractivity contribution is 7.89. The molecule has 5 rings (SSSR count). The highest BCUT2D eigenvalue weighted by atomic mass is 32.2. The number of rotatable bonds is 4. The Morgan fingerprint density at radius 1 is 1.06 bits per heavy atom. The molecular formula is C23H20N4O3S. The summed E-state index contributed by atoms with van der Waals surface area (Å²) in [6.07, 6.45) is 1.83. The average molecular weight is 433 g/mol. The molecule has 3 aromatic carbocycles. The first-order chi connectivity index (χ1) is 14.9. The Morgan fingerprint density at radius 2 is 1.90 bits per heavy atom. The van der Waals surface area contributed by atoms with Gasteiger partial charge in [-0.3, -0.25) is 9.89 Å². The quantitative estimate of drug-likeness (QED) is 0.458. The number of aromatic amines is 1. The van der Waals surface area contributed by atoms with Crippen molar-refractivity contribution in [3.63, 3.8) is 0 Å². The highest BCUT2D eigenvalue weighted by Gasteiger charge is 2.24. The minimum atomic E-state index is -3.83. The molecule has 0 spiro atoms. The standard InChI is InChI=1S/C23H20N4O3S/c24-31(29,30)17-6-3-5-15(12-17)22-19-13-16(9-11-21(19)26-27-22)23(28)25-20-10-8-14-4-1-2-7-18(14)20/h1-7,9,11-13,20H,8,10H2,(H,25,28)(H,26,27)(H2,24,29,30)/t20-/m0/s1. The summed E-state index contributed by atoms with van der Waals surface area (Å²) in [7, 11) is -3.83. The van der Waals surface area contributed by atoms with E-state index in [-0.39, 0.29) is 16.8 Å². The Kier molecular flexibility index (Phi) is 4.60. The Hall–Kier alpha value is -3.49. The van der Waals surface area contributed by atoms with Crippen LogP contribution in [0.4, 0.5) is 0 Å². The number of aromatic nitrogens is 2. The number of benzene rings is 3. The highest BCUT2D eigenvalue weighted by Crippen LogP contribution is 2.32. The van der Waals surface area contributed by atoms with Gasteiger partial charge in [0.05, 0.1) is 22.1 Å². The second-order valence-electron chi connectivity index (χ2n) is 7.67. The Morgan fingerprint density at radius 3 is 2.74 bits per heavy atom. The molecule has 0 fully saturated rings.